The molecule has 1 aliphatic rings. The fourth-order valence-corrected chi connectivity index (χ4v) is 3.30. The van der Waals surface area contributed by atoms with E-state index in [0.717, 1.165) is 23.5 Å². The van der Waals surface area contributed by atoms with Crippen LogP contribution in [0, 0.1) is 0 Å². The van der Waals surface area contributed by atoms with E-state index in [1.165, 1.54) is 11.1 Å². The van der Waals surface area contributed by atoms with Crippen LogP contribution in [-0.4, -0.2) is 25.2 Å². The topological polar surface area (TPSA) is 56.5 Å². The normalized spacial score (nSPS) is 16.2. The van der Waals surface area contributed by atoms with Crippen molar-refractivity contribution in [2.45, 2.75) is 38.6 Å². The molecule has 0 bridgehead atoms. The molecular weight excluding hydrogens is 286 g/mol. The van der Waals surface area contributed by atoms with Crippen LogP contribution in [-0.2, 0) is 11.8 Å². The SMILES string of the molecule is CC(C)(C)c1ccnc2c1-c1nnnn1C2Cc1ccccc1. The molecule has 1 atom stereocenters. The van der Waals surface area contributed by atoms with E-state index < -0.39 is 0 Å². The highest BCUT2D eigenvalue weighted by atomic mass is 15.6. The third-order valence-electron chi connectivity index (χ3n) is 4.39. The Morgan fingerprint density at radius 2 is 1.87 bits per heavy atom. The van der Waals surface area contributed by atoms with Crippen molar-refractivity contribution in [3.63, 3.8) is 0 Å². The van der Waals surface area contributed by atoms with Crippen molar-refractivity contribution in [2.24, 2.45) is 0 Å². The molecule has 1 unspecified atom stereocenters. The second-order valence-corrected chi connectivity index (χ2v) is 7.02. The molecule has 0 saturated heterocycles. The maximum Gasteiger partial charge on any atom is 0.184 e. The number of fused-ring (bicyclic) bond motifs is 3. The lowest BCUT2D eigenvalue weighted by atomic mass is 9.83. The van der Waals surface area contributed by atoms with Gasteiger partial charge in [-0.3, -0.25) is 4.98 Å². The highest BCUT2D eigenvalue weighted by molar-refractivity contribution is 5.69. The minimum atomic E-state index is 0.0193. The first-order valence-electron chi connectivity index (χ1n) is 7.87. The first-order valence-corrected chi connectivity index (χ1v) is 7.87. The summed E-state index contributed by atoms with van der Waals surface area (Å²) in [5.74, 6) is 0.832. The van der Waals surface area contributed by atoms with Crippen molar-refractivity contribution in [3.05, 3.63) is 59.4 Å². The molecule has 0 fully saturated rings. The predicted molar refractivity (Wildman–Crippen MR) is 88.0 cm³/mol. The Kier molecular flexibility index (Phi) is 3.04. The predicted octanol–water partition coefficient (Wildman–Crippen LogP) is 3.18. The third kappa shape index (κ3) is 2.23. The van der Waals surface area contributed by atoms with Gasteiger partial charge >= 0.3 is 0 Å². The minimum absolute atomic E-state index is 0.0193. The van der Waals surface area contributed by atoms with Gasteiger partial charge in [0, 0.05) is 18.2 Å². The zero-order chi connectivity index (χ0) is 16.0. The van der Waals surface area contributed by atoms with Crippen LogP contribution in [0.3, 0.4) is 0 Å². The van der Waals surface area contributed by atoms with Gasteiger partial charge in [-0.05, 0) is 33.0 Å². The Labute approximate surface area is 135 Å². The third-order valence-corrected chi connectivity index (χ3v) is 4.39. The Morgan fingerprint density at radius 3 is 2.61 bits per heavy atom. The van der Waals surface area contributed by atoms with Crippen molar-refractivity contribution in [1.82, 2.24) is 25.2 Å². The molecule has 5 heteroatoms. The van der Waals surface area contributed by atoms with Gasteiger partial charge in [-0.15, -0.1) is 5.10 Å². The van der Waals surface area contributed by atoms with Gasteiger partial charge in [0.15, 0.2) is 5.82 Å². The van der Waals surface area contributed by atoms with E-state index in [9.17, 15) is 0 Å². The van der Waals surface area contributed by atoms with Gasteiger partial charge in [0.1, 0.15) is 6.04 Å². The summed E-state index contributed by atoms with van der Waals surface area (Å²) in [6, 6.07) is 12.6. The van der Waals surface area contributed by atoms with Gasteiger partial charge in [-0.2, -0.15) is 0 Å². The monoisotopic (exact) mass is 305 g/mol. The molecule has 0 radical (unpaired) electrons. The van der Waals surface area contributed by atoms with Crippen molar-refractivity contribution in [3.8, 4) is 11.4 Å². The second-order valence-electron chi connectivity index (χ2n) is 7.02. The molecule has 3 heterocycles. The Bertz CT molecular complexity index is 845. The van der Waals surface area contributed by atoms with Crippen molar-refractivity contribution in [1.29, 1.82) is 0 Å². The molecule has 23 heavy (non-hydrogen) atoms. The molecule has 0 spiro atoms. The molecule has 5 nitrogen and oxygen atoms in total. The van der Waals surface area contributed by atoms with Crippen LogP contribution in [0.25, 0.3) is 11.4 Å². The molecule has 0 saturated carbocycles. The van der Waals surface area contributed by atoms with E-state index in [1.54, 1.807) is 0 Å². The van der Waals surface area contributed by atoms with Crippen LogP contribution in [0.15, 0.2) is 42.6 Å². The van der Waals surface area contributed by atoms with Crippen LogP contribution >= 0.6 is 0 Å². The summed E-state index contributed by atoms with van der Waals surface area (Å²) in [6.45, 7) is 6.63. The summed E-state index contributed by atoms with van der Waals surface area (Å²) in [5.41, 5.74) is 4.68. The highest BCUT2D eigenvalue weighted by Crippen LogP contribution is 2.42. The number of tetrazole rings is 1. The molecule has 1 aliphatic heterocycles. The van der Waals surface area contributed by atoms with Gasteiger partial charge in [0.2, 0.25) is 0 Å². The Morgan fingerprint density at radius 1 is 1.09 bits per heavy atom. The molecule has 0 N–H and O–H groups in total. The molecule has 0 aliphatic carbocycles. The second kappa shape index (κ2) is 4.98. The molecule has 1 aromatic carbocycles. The number of benzene rings is 1. The Balaban J connectivity index is 1.87. The number of rotatable bonds is 2. The highest BCUT2D eigenvalue weighted by Gasteiger charge is 2.36. The average Bonchev–Trinajstić information content (AvgIpc) is 3.10. The molecule has 4 rings (SSSR count). The lowest BCUT2D eigenvalue weighted by Crippen LogP contribution is -2.15. The average molecular weight is 305 g/mol. The molecular formula is C18H19N5. The zero-order valence-corrected chi connectivity index (χ0v) is 13.6. The molecule has 116 valence electrons. The molecule has 0 amide bonds. The zero-order valence-electron chi connectivity index (χ0n) is 13.6. The van der Waals surface area contributed by atoms with Gasteiger partial charge in [0.25, 0.3) is 0 Å². The number of nitrogens with zero attached hydrogens (tertiary/aromatic N) is 5. The maximum atomic E-state index is 4.67. The van der Waals surface area contributed by atoms with Gasteiger partial charge < -0.3 is 0 Å². The number of pyridine rings is 1. The van der Waals surface area contributed by atoms with Crippen LogP contribution in [0.5, 0.6) is 0 Å². The first kappa shape index (κ1) is 14.1. The lowest BCUT2D eigenvalue weighted by molar-refractivity contribution is 0.516. The fourth-order valence-electron chi connectivity index (χ4n) is 3.30. The standard InChI is InChI=1S/C18H19N5/c1-18(2,3)13-9-10-19-16-14(11-12-7-5-4-6-8-12)23-17(15(13)16)20-21-22-23/h4-10,14H,11H2,1-3H3. The summed E-state index contributed by atoms with van der Waals surface area (Å²) in [5, 5.41) is 12.4. The first-order chi connectivity index (χ1) is 11.1. The van der Waals surface area contributed by atoms with Gasteiger partial charge in [-0.25, -0.2) is 4.68 Å². The molecule has 2 aromatic heterocycles. The summed E-state index contributed by atoms with van der Waals surface area (Å²) < 4.78 is 1.92. The number of hydrogen-bond acceptors (Lipinski definition) is 4. The summed E-state index contributed by atoms with van der Waals surface area (Å²) in [6.07, 6.45) is 2.74. The summed E-state index contributed by atoms with van der Waals surface area (Å²) in [4.78, 5) is 4.67. The van der Waals surface area contributed by atoms with Crippen LogP contribution in [0.2, 0.25) is 0 Å². The van der Waals surface area contributed by atoms with Gasteiger partial charge in [-0.1, -0.05) is 51.1 Å². The minimum Gasteiger partial charge on any atom is -0.258 e. The van der Waals surface area contributed by atoms with Crippen LogP contribution < -0.4 is 0 Å². The number of aromatic nitrogens is 5. The number of hydrogen-bond donors (Lipinski definition) is 0. The Hall–Kier alpha value is -2.56. The van der Waals surface area contributed by atoms with Crippen LogP contribution in [0.4, 0.5) is 0 Å². The van der Waals surface area contributed by atoms with E-state index in [1.807, 2.05) is 16.9 Å². The van der Waals surface area contributed by atoms with Crippen molar-refractivity contribution < 1.29 is 0 Å². The van der Waals surface area contributed by atoms with E-state index in [0.29, 0.717) is 0 Å². The van der Waals surface area contributed by atoms with Crippen molar-refractivity contribution >= 4 is 0 Å². The summed E-state index contributed by atoms with van der Waals surface area (Å²) in [7, 11) is 0. The lowest BCUT2D eigenvalue weighted by Gasteiger charge is -2.22. The van der Waals surface area contributed by atoms with E-state index in [4.69, 9.17) is 0 Å². The van der Waals surface area contributed by atoms with E-state index >= 15 is 0 Å². The summed E-state index contributed by atoms with van der Waals surface area (Å²) >= 11 is 0. The van der Waals surface area contributed by atoms with E-state index in [2.05, 4.69) is 71.6 Å². The van der Waals surface area contributed by atoms with Crippen LogP contribution in [0.1, 0.15) is 43.6 Å². The van der Waals surface area contributed by atoms with Gasteiger partial charge in [0.05, 0.1) is 5.69 Å². The fraction of sp³-hybridized carbons (Fsp3) is 0.333. The smallest absolute Gasteiger partial charge is 0.184 e. The molecule has 3 aromatic rings. The largest absolute Gasteiger partial charge is 0.258 e. The van der Waals surface area contributed by atoms with Crippen molar-refractivity contribution in [2.75, 3.05) is 0 Å². The quantitative estimate of drug-likeness (QED) is 0.729. The maximum absolute atomic E-state index is 4.67. The van der Waals surface area contributed by atoms with E-state index in [-0.39, 0.29) is 11.5 Å².